The van der Waals surface area contributed by atoms with Crippen molar-refractivity contribution in [1.82, 2.24) is 0 Å². The lowest BCUT2D eigenvalue weighted by molar-refractivity contribution is -0.138. The van der Waals surface area contributed by atoms with Gasteiger partial charge in [-0.2, -0.15) is 13.2 Å². The number of ether oxygens (including phenoxy) is 2. The Labute approximate surface area is 324 Å². The van der Waals surface area contributed by atoms with Crippen LogP contribution in [0.1, 0.15) is 160 Å². The van der Waals surface area contributed by atoms with Gasteiger partial charge in [0.2, 0.25) is 0 Å². The first-order valence-electron chi connectivity index (χ1n) is 20.8. The Morgan fingerprint density at radius 2 is 1.26 bits per heavy atom. The highest BCUT2D eigenvalue weighted by atomic mass is 19.4. The largest absolute Gasteiger partial charge is 0.491 e. The lowest BCUT2D eigenvalue weighted by Crippen LogP contribution is -2.22. The number of rotatable bonds is 29. The maximum Gasteiger partial charge on any atom is 0.416 e. The third-order valence-corrected chi connectivity index (χ3v) is 9.28. The number of hydrogen-bond acceptors (Lipinski definition) is 5. The SMILES string of the molecule is CCCCCCCCCC/C=C\C=C\C(O)COC1CCCCC1.O=C(O)CCCCCCCCC/C=C\C=C\C(O)COc1cccc(C(F)(F)F)c1. The molecule has 0 amide bonds. The van der Waals surface area contributed by atoms with E-state index in [-0.39, 0.29) is 18.8 Å². The van der Waals surface area contributed by atoms with Crippen LogP contribution in [0.2, 0.25) is 0 Å². The molecular formula is C45H71F3O6. The fourth-order valence-corrected chi connectivity index (χ4v) is 6.07. The molecule has 1 fully saturated rings. The summed E-state index contributed by atoms with van der Waals surface area (Å²) in [5.74, 6) is -0.665. The molecular weight excluding hydrogens is 693 g/mol. The number of aliphatic hydroxyl groups excluding tert-OH is 2. The molecule has 2 atom stereocenters. The van der Waals surface area contributed by atoms with Crippen LogP contribution in [0.15, 0.2) is 72.9 Å². The zero-order valence-corrected chi connectivity index (χ0v) is 33.0. The number of aliphatic carboxylic acids is 1. The van der Waals surface area contributed by atoms with Gasteiger partial charge in [0, 0.05) is 6.42 Å². The molecule has 0 bridgehead atoms. The summed E-state index contributed by atoms with van der Waals surface area (Å²) in [4.78, 5) is 10.4. The Kier molecular flexibility index (Phi) is 30.4. The first-order chi connectivity index (χ1) is 26.1. The highest BCUT2D eigenvalue weighted by Crippen LogP contribution is 2.31. The number of hydrogen-bond donors (Lipinski definition) is 3. The number of carboxylic acids is 1. The minimum atomic E-state index is -4.43. The molecule has 0 heterocycles. The van der Waals surface area contributed by atoms with Crippen LogP contribution in [0.5, 0.6) is 5.75 Å². The van der Waals surface area contributed by atoms with E-state index in [0.29, 0.717) is 12.7 Å². The second-order valence-electron chi connectivity index (χ2n) is 14.4. The van der Waals surface area contributed by atoms with Gasteiger partial charge < -0.3 is 24.8 Å². The van der Waals surface area contributed by atoms with E-state index < -0.39 is 29.9 Å². The van der Waals surface area contributed by atoms with Gasteiger partial charge in [-0.1, -0.05) is 158 Å². The van der Waals surface area contributed by atoms with E-state index in [9.17, 15) is 28.2 Å². The smallest absolute Gasteiger partial charge is 0.416 e. The number of halogens is 3. The highest BCUT2D eigenvalue weighted by Gasteiger charge is 2.30. The van der Waals surface area contributed by atoms with Crippen LogP contribution < -0.4 is 4.74 Å². The van der Waals surface area contributed by atoms with Crippen molar-refractivity contribution < 1.29 is 42.8 Å². The topological polar surface area (TPSA) is 96.2 Å². The number of unbranched alkanes of at least 4 members (excludes halogenated alkanes) is 15. The van der Waals surface area contributed by atoms with E-state index in [1.54, 1.807) is 6.08 Å². The fraction of sp³-hybridized carbons (Fsp3) is 0.667. The van der Waals surface area contributed by atoms with Crippen LogP contribution >= 0.6 is 0 Å². The van der Waals surface area contributed by atoms with Crippen molar-refractivity contribution in [1.29, 1.82) is 0 Å². The van der Waals surface area contributed by atoms with Gasteiger partial charge in [0.1, 0.15) is 18.5 Å². The molecule has 54 heavy (non-hydrogen) atoms. The summed E-state index contributed by atoms with van der Waals surface area (Å²) in [5, 5.41) is 28.3. The number of carbonyl (C=O) groups is 1. The molecule has 0 spiro atoms. The van der Waals surface area contributed by atoms with Gasteiger partial charge in [-0.3, -0.25) is 4.79 Å². The molecule has 6 nitrogen and oxygen atoms in total. The number of allylic oxidation sites excluding steroid dienone is 6. The molecule has 2 rings (SSSR count). The van der Waals surface area contributed by atoms with Gasteiger partial charge in [0.15, 0.2) is 0 Å². The van der Waals surface area contributed by atoms with Crippen LogP contribution in [0.25, 0.3) is 0 Å². The monoisotopic (exact) mass is 765 g/mol. The Hall–Kier alpha value is -2.88. The third-order valence-electron chi connectivity index (χ3n) is 9.28. The molecule has 308 valence electrons. The molecule has 2 unspecified atom stereocenters. The maximum atomic E-state index is 12.6. The summed E-state index contributed by atoms with van der Waals surface area (Å²) in [6.45, 7) is 2.58. The van der Waals surface area contributed by atoms with Gasteiger partial charge >= 0.3 is 12.1 Å². The van der Waals surface area contributed by atoms with Gasteiger partial charge in [-0.25, -0.2) is 0 Å². The van der Waals surface area contributed by atoms with Gasteiger partial charge in [-0.15, -0.1) is 0 Å². The maximum absolute atomic E-state index is 12.6. The Morgan fingerprint density at radius 1 is 0.741 bits per heavy atom. The van der Waals surface area contributed by atoms with Crippen molar-refractivity contribution in [2.75, 3.05) is 13.2 Å². The lowest BCUT2D eigenvalue weighted by atomic mass is 9.98. The van der Waals surface area contributed by atoms with E-state index in [2.05, 4.69) is 19.1 Å². The minimum Gasteiger partial charge on any atom is -0.491 e. The average Bonchev–Trinajstić information content (AvgIpc) is 3.15. The van der Waals surface area contributed by atoms with Crippen LogP contribution in [-0.4, -0.2) is 52.8 Å². The van der Waals surface area contributed by atoms with Crippen molar-refractivity contribution in [3.63, 3.8) is 0 Å². The first-order valence-corrected chi connectivity index (χ1v) is 20.8. The molecule has 0 radical (unpaired) electrons. The van der Waals surface area contributed by atoms with E-state index in [1.165, 1.54) is 88.8 Å². The second-order valence-corrected chi connectivity index (χ2v) is 14.4. The molecule has 1 aliphatic carbocycles. The van der Waals surface area contributed by atoms with Crippen molar-refractivity contribution >= 4 is 5.97 Å². The van der Waals surface area contributed by atoms with Gasteiger partial charge in [0.05, 0.1) is 24.4 Å². The number of aliphatic hydroxyl groups is 2. The summed E-state index contributed by atoms with van der Waals surface area (Å²) in [6.07, 6.45) is 36.5. The Bertz CT molecular complexity index is 1160. The van der Waals surface area contributed by atoms with E-state index in [4.69, 9.17) is 14.6 Å². The standard InChI is InChI=1S/C23H31F3O4.C22H40O2/c24-23(25,26)19-13-12-15-21(17-19)30-18-20(27)14-10-8-6-4-2-1-3-5-7-9-11-16-22(28)29;1-2-3-4-5-6-7-8-9-10-11-12-14-17-21(23)20-24-22-18-15-13-16-19-22/h6,8,10,12-15,17,20,27H,1-5,7,9,11,16,18H2,(H,28,29);11-12,14,17,21-23H,2-10,13,15-16,18-20H2,1H3/b8-6-,14-10+;12-11-,17-14+. The lowest BCUT2D eigenvalue weighted by Gasteiger charge is -2.22. The summed E-state index contributed by atoms with van der Waals surface area (Å²) in [7, 11) is 0. The molecule has 0 saturated heterocycles. The zero-order chi connectivity index (χ0) is 39.5. The van der Waals surface area contributed by atoms with Crippen LogP contribution in [0.3, 0.4) is 0 Å². The van der Waals surface area contributed by atoms with Crippen LogP contribution in [0, 0.1) is 0 Å². The summed E-state index contributed by atoms with van der Waals surface area (Å²) < 4.78 is 48.9. The highest BCUT2D eigenvalue weighted by molar-refractivity contribution is 5.66. The molecule has 1 aromatic carbocycles. The quantitative estimate of drug-likeness (QED) is 0.0555. The molecule has 9 heteroatoms. The molecule has 1 saturated carbocycles. The van der Waals surface area contributed by atoms with Gasteiger partial charge in [-0.05, 0) is 63.1 Å². The molecule has 1 aromatic rings. The van der Waals surface area contributed by atoms with E-state index in [1.807, 2.05) is 24.3 Å². The molecule has 3 N–H and O–H groups in total. The van der Waals surface area contributed by atoms with Crippen molar-refractivity contribution in [3.05, 3.63) is 78.4 Å². The fourth-order valence-electron chi connectivity index (χ4n) is 6.07. The minimum absolute atomic E-state index is 0.0645. The van der Waals surface area contributed by atoms with Crippen LogP contribution in [0.4, 0.5) is 13.2 Å². The second kappa shape index (κ2) is 33.5. The molecule has 1 aliphatic rings. The summed E-state index contributed by atoms with van der Waals surface area (Å²) in [6, 6.07) is 4.56. The van der Waals surface area contributed by atoms with E-state index in [0.717, 1.165) is 82.8 Å². The number of alkyl halides is 3. The molecule has 0 aliphatic heterocycles. The van der Waals surface area contributed by atoms with Gasteiger partial charge in [0.25, 0.3) is 0 Å². The van der Waals surface area contributed by atoms with Crippen LogP contribution in [-0.2, 0) is 15.7 Å². The Morgan fingerprint density at radius 3 is 1.80 bits per heavy atom. The van der Waals surface area contributed by atoms with Crippen molar-refractivity contribution in [3.8, 4) is 5.75 Å². The normalized spacial score (nSPS) is 15.3. The van der Waals surface area contributed by atoms with E-state index >= 15 is 0 Å². The number of benzene rings is 1. The van der Waals surface area contributed by atoms with Crippen molar-refractivity contribution in [2.24, 2.45) is 0 Å². The summed E-state index contributed by atoms with van der Waals surface area (Å²) in [5.41, 5.74) is -0.786. The zero-order valence-electron chi connectivity index (χ0n) is 33.0. The Balaban J connectivity index is 0.000000553. The van der Waals surface area contributed by atoms with Crippen molar-refractivity contribution in [2.45, 2.75) is 179 Å². The first kappa shape index (κ1) is 49.1. The predicted molar refractivity (Wildman–Crippen MR) is 215 cm³/mol. The number of carboxylic acid groups (broad SMARTS) is 1. The summed E-state index contributed by atoms with van der Waals surface area (Å²) >= 11 is 0. The third kappa shape index (κ3) is 30.4. The average molecular weight is 765 g/mol. The molecule has 0 aromatic heterocycles. The predicted octanol–water partition coefficient (Wildman–Crippen LogP) is 12.5.